The molecule has 0 saturated carbocycles. The van der Waals surface area contributed by atoms with Crippen molar-refractivity contribution in [3.8, 4) is 0 Å². The van der Waals surface area contributed by atoms with Crippen molar-refractivity contribution in [1.29, 1.82) is 0 Å². The number of aromatic nitrogens is 1. The number of rotatable bonds is 2. The summed E-state index contributed by atoms with van der Waals surface area (Å²) in [5, 5.41) is 15.0. The Morgan fingerprint density at radius 1 is 1.22 bits per heavy atom. The summed E-state index contributed by atoms with van der Waals surface area (Å²) < 4.78 is 0. The largest absolute Gasteiger partial charge is 0.387 e. The van der Waals surface area contributed by atoms with Crippen LogP contribution >= 0.6 is 0 Å². The first-order chi connectivity index (χ1) is 8.86. The Morgan fingerprint density at radius 3 is 2.94 bits per heavy atom. The highest BCUT2D eigenvalue weighted by Gasteiger charge is 2.24. The van der Waals surface area contributed by atoms with Crippen LogP contribution in [0.5, 0.6) is 0 Å². The standard InChI is InChI=1S/C15H18N2O/c18-15(13-8-1-2-9-16-13)12-7-3-5-11-6-4-10-17-14(11)12/h3-7,10,13,15-16,18H,1-2,8-9H2/t13-,15-/m0/s1. The van der Waals surface area contributed by atoms with Gasteiger partial charge >= 0.3 is 0 Å². The van der Waals surface area contributed by atoms with E-state index < -0.39 is 6.10 Å². The molecule has 1 aromatic carbocycles. The van der Waals surface area contributed by atoms with Gasteiger partial charge in [0.15, 0.2) is 0 Å². The average Bonchev–Trinajstić information content (AvgIpc) is 2.47. The van der Waals surface area contributed by atoms with Crippen molar-refractivity contribution >= 4 is 10.9 Å². The number of pyridine rings is 1. The number of aliphatic hydroxyl groups excluding tert-OH is 1. The maximum atomic E-state index is 10.5. The maximum Gasteiger partial charge on any atom is 0.0963 e. The van der Waals surface area contributed by atoms with Gasteiger partial charge in [0, 0.05) is 23.2 Å². The summed E-state index contributed by atoms with van der Waals surface area (Å²) in [5.41, 5.74) is 1.85. The first kappa shape index (κ1) is 11.6. The minimum Gasteiger partial charge on any atom is -0.387 e. The highest BCUT2D eigenvalue weighted by molar-refractivity contribution is 5.81. The van der Waals surface area contributed by atoms with Gasteiger partial charge in [-0.25, -0.2) is 0 Å². The predicted octanol–water partition coefficient (Wildman–Crippen LogP) is 2.41. The van der Waals surface area contributed by atoms with Gasteiger partial charge in [-0.15, -0.1) is 0 Å². The van der Waals surface area contributed by atoms with Gasteiger partial charge in [-0.05, 0) is 25.5 Å². The molecule has 0 aliphatic carbocycles. The molecule has 18 heavy (non-hydrogen) atoms. The van der Waals surface area contributed by atoms with Crippen molar-refractivity contribution in [3.05, 3.63) is 42.1 Å². The summed E-state index contributed by atoms with van der Waals surface area (Å²) in [4.78, 5) is 4.41. The molecule has 2 heterocycles. The van der Waals surface area contributed by atoms with Crippen molar-refractivity contribution in [3.63, 3.8) is 0 Å². The first-order valence-electron chi connectivity index (χ1n) is 6.61. The van der Waals surface area contributed by atoms with Crippen molar-refractivity contribution in [1.82, 2.24) is 10.3 Å². The fourth-order valence-electron chi connectivity index (χ4n) is 2.73. The molecule has 3 heteroatoms. The van der Waals surface area contributed by atoms with Crippen LogP contribution in [-0.4, -0.2) is 22.7 Å². The summed E-state index contributed by atoms with van der Waals surface area (Å²) >= 11 is 0. The summed E-state index contributed by atoms with van der Waals surface area (Å²) in [6, 6.07) is 10.1. The number of nitrogens with zero attached hydrogens (tertiary/aromatic N) is 1. The van der Waals surface area contributed by atoms with Crippen LogP contribution in [0.1, 0.15) is 30.9 Å². The number of hydrogen-bond donors (Lipinski definition) is 2. The summed E-state index contributed by atoms with van der Waals surface area (Å²) in [6.07, 6.45) is 4.74. The van der Waals surface area contributed by atoms with E-state index in [1.165, 1.54) is 12.8 Å². The third-order valence-corrected chi connectivity index (χ3v) is 3.71. The monoisotopic (exact) mass is 242 g/mol. The van der Waals surface area contributed by atoms with E-state index in [-0.39, 0.29) is 6.04 Å². The van der Waals surface area contributed by atoms with Crippen molar-refractivity contribution in [2.75, 3.05) is 6.54 Å². The Balaban J connectivity index is 1.97. The number of nitrogens with one attached hydrogen (secondary N) is 1. The Labute approximate surface area is 107 Å². The van der Waals surface area contributed by atoms with Gasteiger partial charge in [0.05, 0.1) is 11.6 Å². The van der Waals surface area contributed by atoms with E-state index in [0.29, 0.717) is 0 Å². The maximum absolute atomic E-state index is 10.5. The molecule has 1 aromatic heterocycles. The van der Waals surface area contributed by atoms with Gasteiger partial charge in [-0.2, -0.15) is 0 Å². The third kappa shape index (κ3) is 2.11. The number of piperidine rings is 1. The van der Waals surface area contributed by atoms with Crippen LogP contribution in [-0.2, 0) is 0 Å². The number of fused-ring (bicyclic) bond motifs is 1. The lowest BCUT2D eigenvalue weighted by atomic mass is 9.93. The second-order valence-corrected chi connectivity index (χ2v) is 4.92. The Hall–Kier alpha value is -1.45. The third-order valence-electron chi connectivity index (χ3n) is 3.71. The zero-order valence-corrected chi connectivity index (χ0v) is 10.3. The summed E-state index contributed by atoms with van der Waals surface area (Å²) in [6.45, 7) is 1.000. The zero-order chi connectivity index (χ0) is 12.4. The molecule has 1 aliphatic heterocycles. The molecule has 1 aliphatic rings. The topological polar surface area (TPSA) is 45.2 Å². The van der Waals surface area contributed by atoms with Crippen LogP contribution in [0, 0.1) is 0 Å². The highest BCUT2D eigenvalue weighted by Crippen LogP contribution is 2.27. The number of hydrogen-bond acceptors (Lipinski definition) is 3. The van der Waals surface area contributed by atoms with Gasteiger partial charge < -0.3 is 10.4 Å². The lowest BCUT2D eigenvalue weighted by molar-refractivity contribution is 0.115. The second-order valence-electron chi connectivity index (χ2n) is 4.92. The molecular formula is C15H18N2O. The fourth-order valence-corrected chi connectivity index (χ4v) is 2.73. The normalized spacial score (nSPS) is 21.9. The Bertz CT molecular complexity index is 530. The lowest BCUT2D eigenvalue weighted by Crippen LogP contribution is -2.38. The molecule has 3 nitrogen and oxygen atoms in total. The van der Waals surface area contributed by atoms with Gasteiger partial charge in [0.25, 0.3) is 0 Å². The molecule has 0 amide bonds. The predicted molar refractivity (Wildman–Crippen MR) is 72.3 cm³/mol. The van der Waals surface area contributed by atoms with E-state index in [2.05, 4.69) is 10.3 Å². The van der Waals surface area contributed by atoms with Crippen LogP contribution in [0.2, 0.25) is 0 Å². The molecule has 0 unspecified atom stereocenters. The van der Waals surface area contributed by atoms with Crippen LogP contribution in [0.3, 0.4) is 0 Å². The van der Waals surface area contributed by atoms with Crippen molar-refractivity contribution in [2.45, 2.75) is 31.4 Å². The highest BCUT2D eigenvalue weighted by atomic mass is 16.3. The molecule has 2 N–H and O–H groups in total. The van der Waals surface area contributed by atoms with E-state index in [1.807, 2.05) is 30.3 Å². The molecule has 2 aromatic rings. The van der Waals surface area contributed by atoms with E-state index in [0.717, 1.165) is 29.4 Å². The van der Waals surface area contributed by atoms with E-state index in [9.17, 15) is 5.11 Å². The molecule has 0 radical (unpaired) electrons. The summed E-state index contributed by atoms with van der Waals surface area (Å²) in [5.74, 6) is 0. The van der Waals surface area contributed by atoms with Crippen molar-refractivity contribution in [2.24, 2.45) is 0 Å². The molecule has 1 saturated heterocycles. The van der Waals surface area contributed by atoms with Gasteiger partial charge in [0.2, 0.25) is 0 Å². The quantitative estimate of drug-likeness (QED) is 0.850. The fraction of sp³-hybridized carbons (Fsp3) is 0.400. The summed E-state index contributed by atoms with van der Waals surface area (Å²) in [7, 11) is 0. The molecule has 0 spiro atoms. The number of aliphatic hydroxyl groups is 1. The van der Waals surface area contributed by atoms with Crippen LogP contribution < -0.4 is 5.32 Å². The van der Waals surface area contributed by atoms with Crippen molar-refractivity contribution < 1.29 is 5.11 Å². The molecule has 3 rings (SSSR count). The van der Waals surface area contributed by atoms with Crippen LogP contribution in [0.25, 0.3) is 10.9 Å². The Morgan fingerprint density at radius 2 is 2.11 bits per heavy atom. The minimum atomic E-state index is -0.469. The molecule has 94 valence electrons. The molecule has 1 fully saturated rings. The second kappa shape index (κ2) is 5.04. The number of benzene rings is 1. The SMILES string of the molecule is O[C@@H](c1cccc2cccnc12)[C@@H]1CCCCN1. The van der Waals surface area contributed by atoms with Crippen LogP contribution in [0.15, 0.2) is 36.5 Å². The van der Waals surface area contributed by atoms with Gasteiger partial charge in [-0.3, -0.25) is 4.98 Å². The van der Waals surface area contributed by atoms with E-state index in [4.69, 9.17) is 0 Å². The number of para-hydroxylation sites is 1. The van der Waals surface area contributed by atoms with Crippen LogP contribution in [0.4, 0.5) is 0 Å². The van der Waals surface area contributed by atoms with Gasteiger partial charge in [-0.1, -0.05) is 30.7 Å². The van der Waals surface area contributed by atoms with Gasteiger partial charge in [0.1, 0.15) is 0 Å². The Kier molecular flexibility index (Phi) is 3.26. The van der Waals surface area contributed by atoms with E-state index >= 15 is 0 Å². The van der Waals surface area contributed by atoms with E-state index in [1.54, 1.807) is 6.20 Å². The minimum absolute atomic E-state index is 0.159. The first-order valence-corrected chi connectivity index (χ1v) is 6.61. The average molecular weight is 242 g/mol. The smallest absolute Gasteiger partial charge is 0.0963 e. The lowest BCUT2D eigenvalue weighted by Gasteiger charge is -2.28. The zero-order valence-electron chi connectivity index (χ0n) is 10.3. The molecular weight excluding hydrogens is 224 g/mol. The molecule has 2 atom stereocenters. The molecule has 0 bridgehead atoms.